The van der Waals surface area contributed by atoms with E-state index in [-0.39, 0.29) is 7.92 Å². The lowest BCUT2D eigenvalue weighted by Gasteiger charge is -2.43. The van der Waals surface area contributed by atoms with Crippen LogP contribution in [-0.4, -0.2) is 48.8 Å². The first-order valence-electron chi connectivity index (χ1n) is 16.7. The molecular weight excluding hydrogens is 564 g/mol. The van der Waals surface area contributed by atoms with Crippen molar-refractivity contribution in [2.24, 2.45) is 0 Å². The van der Waals surface area contributed by atoms with Crippen LogP contribution in [0.3, 0.4) is 0 Å². The highest BCUT2D eigenvalue weighted by molar-refractivity contribution is 7.60. The van der Waals surface area contributed by atoms with E-state index in [1.807, 2.05) is 0 Å². The van der Waals surface area contributed by atoms with Crippen LogP contribution in [0.15, 0.2) is 38.0 Å². The van der Waals surface area contributed by atoms with Gasteiger partial charge in [0.05, 0.1) is 32.3 Å². The number of hydrogen-bond acceptors (Lipinski definition) is 0. The Kier molecular flexibility index (Phi) is 18.0. The standard InChI is InChI=1S/C35H75PSi4/c1-16-24-37(10,11)27-20-31-40(32-21-28-38(12,13)25-17-2,33-22-29-39(14,15)26-18-3)30-19-23-36(34(4,5)6)35(7,8)9/h16-18H,1-3,19-33H2,4-15H3. The van der Waals surface area contributed by atoms with E-state index in [0.29, 0.717) is 10.3 Å². The van der Waals surface area contributed by atoms with Gasteiger partial charge in [0.1, 0.15) is 0 Å². The van der Waals surface area contributed by atoms with Crippen molar-refractivity contribution < 1.29 is 0 Å². The Morgan fingerprint density at radius 1 is 0.475 bits per heavy atom. The van der Waals surface area contributed by atoms with E-state index in [1.165, 1.54) is 68.1 Å². The van der Waals surface area contributed by atoms with Crippen molar-refractivity contribution in [3.63, 3.8) is 0 Å². The van der Waals surface area contributed by atoms with Gasteiger partial charge in [-0.2, -0.15) is 0 Å². The molecule has 0 amide bonds. The second-order valence-corrected chi connectivity index (χ2v) is 42.3. The van der Waals surface area contributed by atoms with Gasteiger partial charge in [-0.3, -0.25) is 0 Å². The van der Waals surface area contributed by atoms with Crippen molar-refractivity contribution >= 4 is 40.2 Å². The zero-order valence-corrected chi connectivity index (χ0v) is 34.8. The average Bonchev–Trinajstić information content (AvgIpc) is 2.74. The van der Waals surface area contributed by atoms with E-state index in [1.54, 1.807) is 24.2 Å². The van der Waals surface area contributed by atoms with E-state index in [2.05, 4.69) is 119 Å². The molecule has 0 rings (SSSR count). The van der Waals surface area contributed by atoms with E-state index in [4.69, 9.17) is 0 Å². The minimum absolute atomic E-state index is 0.00470. The summed E-state index contributed by atoms with van der Waals surface area (Å²) >= 11 is 0. The molecule has 40 heavy (non-hydrogen) atoms. The summed E-state index contributed by atoms with van der Waals surface area (Å²) in [5, 5.41) is 0.886. The summed E-state index contributed by atoms with van der Waals surface area (Å²) in [4.78, 5) is 0. The second-order valence-electron chi connectivity index (χ2n) is 17.6. The fraction of sp³-hybridized carbons (Fsp3) is 0.829. The average molecular weight is 639 g/mol. The van der Waals surface area contributed by atoms with Crippen LogP contribution in [0.5, 0.6) is 0 Å². The summed E-state index contributed by atoms with van der Waals surface area (Å²) in [7, 11) is -4.78. The maximum atomic E-state index is 4.10. The maximum Gasteiger partial charge on any atom is 0.0535 e. The van der Waals surface area contributed by atoms with Crippen molar-refractivity contribution in [2.75, 3.05) is 6.16 Å². The smallest absolute Gasteiger partial charge is 0.0535 e. The van der Waals surface area contributed by atoms with E-state index >= 15 is 0 Å². The summed E-state index contributed by atoms with van der Waals surface area (Å²) < 4.78 is 0. The third kappa shape index (κ3) is 17.6. The third-order valence-corrected chi connectivity index (χ3v) is 28.4. The van der Waals surface area contributed by atoms with Crippen LogP contribution in [0.4, 0.5) is 0 Å². The predicted molar refractivity (Wildman–Crippen MR) is 207 cm³/mol. The molecule has 0 atom stereocenters. The van der Waals surface area contributed by atoms with Crippen LogP contribution >= 0.6 is 7.92 Å². The van der Waals surface area contributed by atoms with Gasteiger partial charge in [-0.1, -0.05) is 175 Å². The lowest BCUT2D eigenvalue weighted by Crippen LogP contribution is -2.37. The molecule has 236 valence electrons. The molecule has 0 aliphatic carbocycles. The molecule has 5 heteroatoms. The zero-order chi connectivity index (χ0) is 31.3. The summed E-state index contributed by atoms with van der Waals surface area (Å²) in [6, 6.07) is 14.7. The van der Waals surface area contributed by atoms with Crippen molar-refractivity contribution in [1.29, 1.82) is 0 Å². The molecule has 0 saturated carbocycles. The maximum absolute atomic E-state index is 4.10. The molecule has 0 N–H and O–H groups in total. The Hall–Kier alpha value is 0.518. The molecule has 0 nitrogen and oxygen atoms in total. The van der Waals surface area contributed by atoms with Crippen molar-refractivity contribution in [2.45, 2.75) is 177 Å². The van der Waals surface area contributed by atoms with E-state index < -0.39 is 32.3 Å². The Morgan fingerprint density at radius 2 is 0.750 bits per heavy atom. The third-order valence-electron chi connectivity index (χ3n) is 9.48. The van der Waals surface area contributed by atoms with Crippen LogP contribution in [0.1, 0.15) is 67.2 Å². The Balaban J connectivity index is 6.00. The minimum atomic E-state index is -1.35. The first kappa shape index (κ1) is 40.5. The summed E-state index contributed by atoms with van der Waals surface area (Å²) in [5.74, 6) is 0. The van der Waals surface area contributed by atoms with E-state index in [0.717, 1.165) is 0 Å². The molecule has 0 unspecified atom stereocenters. The molecular formula is C35H75PSi4. The van der Waals surface area contributed by atoms with Crippen LogP contribution in [0, 0.1) is 0 Å². The lowest BCUT2D eigenvalue weighted by molar-refractivity contribution is 0.700. The van der Waals surface area contributed by atoms with Gasteiger partial charge in [0.25, 0.3) is 0 Å². The van der Waals surface area contributed by atoms with Gasteiger partial charge in [-0.25, -0.2) is 0 Å². The van der Waals surface area contributed by atoms with Gasteiger partial charge >= 0.3 is 0 Å². The summed E-state index contributed by atoms with van der Waals surface area (Å²) in [5.41, 5.74) is 0. The fourth-order valence-electron chi connectivity index (χ4n) is 7.34. The molecule has 0 saturated heterocycles. The molecule has 0 bridgehead atoms. The van der Waals surface area contributed by atoms with Crippen LogP contribution in [-0.2, 0) is 0 Å². The first-order chi connectivity index (χ1) is 18.1. The number of hydrogen-bond donors (Lipinski definition) is 0. The number of rotatable bonds is 22. The van der Waals surface area contributed by atoms with Crippen LogP contribution < -0.4 is 0 Å². The molecule has 0 aromatic rings. The molecule has 0 heterocycles. The van der Waals surface area contributed by atoms with Crippen molar-refractivity contribution in [3.05, 3.63) is 38.0 Å². The largest absolute Gasteiger partial charge is 0.103 e. The number of allylic oxidation sites excluding steroid dienone is 3. The Bertz CT molecular complexity index is 656. The Morgan fingerprint density at radius 3 is 1.00 bits per heavy atom. The highest BCUT2D eigenvalue weighted by Crippen LogP contribution is 2.59. The van der Waals surface area contributed by atoms with Crippen LogP contribution in [0.25, 0.3) is 0 Å². The van der Waals surface area contributed by atoms with Gasteiger partial charge in [0.2, 0.25) is 0 Å². The SMILES string of the molecule is C=CC[Si](C)(C)CCC[Si](CCCP(C(C)(C)C)C(C)(C)C)(CCC[Si](C)(C)CC=C)CCC[Si](C)(C)CC=C. The molecule has 0 radical (unpaired) electrons. The molecule has 0 aliphatic heterocycles. The fourth-order valence-corrected chi connectivity index (χ4v) is 24.1. The molecule has 0 aliphatic rings. The lowest BCUT2D eigenvalue weighted by atomic mass is 10.2. The second kappa shape index (κ2) is 17.7. The zero-order valence-electron chi connectivity index (χ0n) is 29.9. The predicted octanol–water partition coefficient (Wildman–Crippen LogP) is 13.8. The normalized spacial score (nSPS) is 14.0. The minimum Gasteiger partial charge on any atom is -0.103 e. The quantitative estimate of drug-likeness (QED) is 0.0628. The molecule has 0 spiro atoms. The van der Waals surface area contributed by atoms with Crippen molar-refractivity contribution in [1.82, 2.24) is 0 Å². The van der Waals surface area contributed by atoms with Gasteiger partial charge < -0.3 is 0 Å². The van der Waals surface area contributed by atoms with Crippen molar-refractivity contribution in [3.8, 4) is 0 Å². The molecule has 0 aromatic heterocycles. The van der Waals surface area contributed by atoms with Gasteiger partial charge in [-0.05, 0) is 34.6 Å². The van der Waals surface area contributed by atoms with E-state index in [9.17, 15) is 0 Å². The first-order valence-corrected chi connectivity index (χ1v) is 31.3. The highest BCUT2D eigenvalue weighted by Gasteiger charge is 2.37. The van der Waals surface area contributed by atoms with Gasteiger partial charge in [0.15, 0.2) is 0 Å². The monoisotopic (exact) mass is 638 g/mol. The highest BCUT2D eigenvalue weighted by atomic mass is 31.1. The summed E-state index contributed by atoms with van der Waals surface area (Å²) in [6.45, 7) is 43.0. The topological polar surface area (TPSA) is 0 Å². The molecule has 0 fully saturated rings. The van der Waals surface area contributed by atoms with Gasteiger partial charge in [-0.15, -0.1) is 19.7 Å². The van der Waals surface area contributed by atoms with Crippen LogP contribution in [0.2, 0.25) is 99.7 Å². The van der Waals surface area contributed by atoms with Gasteiger partial charge in [0, 0.05) is 0 Å². The summed E-state index contributed by atoms with van der Waals surface area (Å²) in [6.07, 6.45) is 14.1. The molecule has 0 aromatic carbocycles. The Labute approximate surface area is 260 Å².